The van der Waals surface area contributed by atoms with Crippen molar-refractivity contribution in [3.8, 4) is 17.2 Å². The number of methoxy groups -OCH3 is 2. The van der Waals surface area contributed by atoms with E-state index < -0.39 is 0 Å². The quantitative estimate of drug-likeness (QED) is 0.324. The lowest BCUT2D eigenvalue weighted by Gasteiger charge is -2.30. The Bertz CT molecular complexity index is 1370. The molecule has 1 N–H and O–H groups in total. The van der Waals surface area contributed by atoms with Crippen LogP contribution < -0.4 is 19.7 Å². The Labute approximate surface area is 215 Å². The first-order chi connectivity index (χ1) is 17.0. The summed E-state index contributed by atoms with van der Waals surface area (Å²) in [6.45, 7) is 2.01. The Morgan fingerprint density at radius 2 is 1.86 bits per heavy atom. The van der Waals surface area contributed by atoms with Crippen LogP contribution in [0.15, 0.2) is 79.1 Å². The molecule has 0 amide bonds. The highest BCUT2D eigenvalue weighted by atomic mass is 35.5. The summed E-state index contributed by atoms with van der Waals surface area (Å²) in [7, 11) is 3.30. The van der Waals surface area contributed by atoms with Gasteiger partial charge in [-0.25, -0.2) is 0 Å². The van der Waals surface area contributed by atoms with Crippen molar-refractivity contribution in [3.63, 3.8) is 0 Å². The van der Waals surface area contributed by atoms with Crippen molar-refractivity contribution >= 4 is 34.6 Å². The number of anilines is 1. The number of hydrogen-bond acceptors (Lipinski definition) is 4. The number of ether oxygens (including phenoxy) is 2. The van der Waals surface area contributed by atoms with Crippen LogP contribution >= 0.6 is 23.8 Å². The van der Waals surface area contributed by atoms with Crippen molar-refractivity contribution in [2.75, 3.05) is 19.1 Å². The van der Waals surface area contributed by atoms with Gasteiger partial charge in [0.25, 0.3) is 0 Å². The lowest BCUT2D eigenvalue weighted by Crippen LogP contribution is -2.30. The number of thiocarbonyl (C=S) groups is 1. The summed E-state index contributed by atoms with van der Waals surface area (Å²) >= 11 is 12.2. The van der Waals surface area contributed by atoms with Crippen LogP contribution in [0, 0.1) is 6.92 Å². The van der Waals surface area contributed by atoms with Crippen molar-refractivity contribution < 1.29 is 9.47 Å². The molecular formula is C27H25ClN4O2S. The molecule has 2 atom stereocenters. The maximum Gasteiger partial charge on any atom is 0.174 e. The first-order valence-corrected chi connectivity index (χ1v) is 12.0. The van der Waals surface area contributed by atoms with Gasteiger partial charge in [-0.3, -0.25) is 4.98 Å². The molecule has 1 saturated heterocycles. The fourth-order valence-corrected chi connectivity index (χ4v) is 5.01. The third-order valence-corrected chi connectivity index (χ3v) is 6.99. The molecule has 8 heteroatoms. The largest absolute Gasteiger partial charge is 0.497 e. The normalized spacial score (nSPS) is 17.4. The van der Waals surface area contributed by atoms with E-state index in [4.69, 9.17) is 33.3 Å². The number of nitrogens with one attached hydrogen (secondary N) is 1. The van der Waals surface area contributed by atoms with Crippen molar-refractivity contribution in [3.05, 3.63) is 101 Å². The van der Waals surface area contributed by atoms with Crippen molar-refractivity contribution in [2.24, 2.45) is 0 Å². The zero-order valence-electron chi connectivity index (χ0n) is 19.6. The second-order valence-corrected chi connectivity index (χ2v) is 9.06. The highest BCUT2D eigenvalue weighted by Crippen LogP contribution is 2.46. The van der Waals surface area contributed by atoms with Gasteiger partial charge in [-0.15, -0.1) is 0 Å². The molecule has 0 saturated carbocycles. The number of aryl methyl sites for hydroxylation is 1. The molecule has 0 aliphatic carbocycles. The van der Waals surface area contributed by atoms with Crippen LogP contribution in [0.4, 0.5) is 5.69 Å². The minimum absolute atomic E-state index is 0.193. The standard InChI is InChI=1S/C27H25ClN4O2S/c1-17-15-18(9-11-20(17)28)31-14-6-8-22(31)26-25(21-7-4-5-13-29-21)30-27(35)32(26)23-16-19(33-2)10-12-24(23)34-3/h4-16,25-26H,1-3H3,(H,30,35)/t25-,26+/m0/s1. The Morgan fingerprint density at radius 3 is 2.57 bits per heavy atom. The summed E-state index contributed by atoms with van der Waals surface area (Å²) in [5, 5.41) is 4.83. The molecule has 0 unspecified atom stereocenters. The van der Waals surface area contributed by atoms with Gasteiger partial charge in [0.1, 0.15) is 17.5 Å². The molecule has 2 aromatic heterocycles. The van der Waals surface area contributed by atoms with E-state index in [1.165, 1.54) is 0 Å². The molecule has 35 heavy (non-hydrogen) atoms. The van der Waals surface area contributed by atoms with E-state index in [0.29, 0.717) is 16.6 Å². The van der Waals surface area contributed by atoms with Gasteiger partial charge in [-0.05, 0) is 79.3 Å². The van der Waals surface area contributed by atoms with Gasteiger partial charge in [-0.1, -0.05) is 17.7 Å². The Hall–Kier alpha value is -3.55. The molecule has 1 aliphatic heterocycles. The fraction of sp³-hybridized carbons (Fsp3) is 0.185. The molecule has 0 spiro atoms. The smallest absolute Gasteiger partial charge is 0.174 e. The molecule has 5 rings (SSSR count). The third-order valence-electron chi connectivity index (χ3n) is 6.25. The average Bonchev–Trinajstić information content (AvgIpc) is 3.50. The second kappa shape index (κ2) is 9.60. The summed E-state index contributed by atoms with van der Waals surface area (Å²) in [5.41, 5.74) is 4.77. The van der Waals surface area contributed by atoms with Crippen LogP contribution in [0.25, 0.3) is 5.69 Å². The van der Waals surface area contributed by atoms with E-state index >= 15 is 0 Å². The SMILES string of the molecule is COc1ccc(OC)c(N2C(=S)N[C@@H](c3ccccn3)[C@H]2c2cccn2-c2ccc(Cl)c(C)c2)c1. The average molecular weight is 505 g/mol. The summed E-state index contributed by atoms with van der Waals surface area (Å²) in [6, 6.07) is 21.4. The van der Waals surface area contributed by atoms with E-state index in [9.17, 15) is 0 Å². The summed E-state index contributed by atoms with van der Waals surface area (Å²) in [5.74, 6) is 1.41. The number of aromatic nitrogens is 2. The zero-order chi connectivity index (χ0) is 24.5. The van der Waals surface area contributed by atoms with Crippen molar-refractivity contribution in [1.29, 1.82) is 0 Å². The summed E-state index contributed by atoms with van der Waals surface area (Å²) in [4.78, 5) is 6.74. The molecule has 3 heterocycles. The zero-order valence-corrected chi connectivity index (χ0v) is 21.2. The van der Waals surface area contributed by atoms with Gasteiger partial charge in [0, 0.05) is 34.9 Å². The Kier molecular flexibility index (Phi) is 6.36. The minimum atomic E-state index is -0.218. The van der Waals surface area contributed by atoms with Crippen LogP contribution in [0.3, 0.4) is 0 Å². The predicted molar refractivity (Wildman–Crippen MR) is 143 cm³/mol. The second-order valence-electron chi connectivity index (χ2n) is 8.27. The first kappa shape index (κ1) is 23.2. The number of hydrogen-bond donors (Lipinski definition) is 1. The van der Waals surface area contributed by atoms with E-state index in [-0.39, 0.29) is 12.1 Å². The van der Waals surface area contributed by atoms with Crippen LogP contribution in [0.1, 0.15) is 29.0 Å². The fourth-order valence-electron chi connectivity index (χ4n) is 4.55. The molecule has 2 aromatic carbocycles. The number of rotatable bonds is 6. The van der Waals surface area contributed by atoms with Crippen molar-refractivity contribution in [2.45, 2.75) is 19.0 Å². The highest BCUT2D eigenvalue weighted by molar-refractivity contribution is 7.80. The minimum Gasteiger partial charge on any atom is -0.497 e. The molecule has 0 bridgehead atoms. The monoisotopic (exact) mass is 504 g/mol. The van der Waals surface area contributed by atoms with Crippen molar-refractivity contribution in [1.82, 2.24) is 14.9 Å². The number of pyridine rings is 1. The number of benzene rings is 2. The van der Waals surface area contributed by atoms with E-state index in [1.54, 1.807) is 20.4 Å². The predicted octanol–water partition coefficient (Wildman–Crippen LogP) is 6.03. The molecule has 4 aromatic rings. The highest BCUT2D eigenvalue weighted by Gasteiger charge is 2.43. The van der Waals surface area contributed by atoms with Gasteiger partial charge in [0.2, 0.25) is 0 Å². The first-order valence-electron chi connectivity index (χ1n) is 11.2. The van der Waals surface area contributed by atoms with Gasteiger partial charge in [0.05, 0.1) is 31.6 Å². The Morgan fingerprint density at radius 1 is 1.00 bits per heavy atom. The van der Waals surface area contributed by atoms with Crippen LogP contribution in [-0.4, -0.2) is 28.9 Å². The summed E-state index contributed by atoms with van der Waals surface area (Å²) < 4.78 is 13.4. The van der Waals surface area contributed by atoms with Crippen LogP contribution in [0.5, 0.6) is 11.5 Å². The van der Waals surface area contributed by atoms with E-state index in [1.807, 2.05) is 61.5 Å². The van der Waals surface area contributed by atoms with Crippen LogP contribution in [0.2, 0.25) is 5.02 Å². The lowest BCUT2D eigenvalue weighted by atomic mass is 10.0. The summed E-state index contributed by atoms with van der Waals surface area (Å²) in [6.07, 6.45) is 3.85. The van der Waals surface area contributed by atoms with Gasteiger partial charge in [-0.2, -0.15) is 0 Å². The maximum atomic E-state index is 6.32. The van der Waals surface area contributed by atoms with Gasteiger partial charge >= 0.3 is 0 Å². The van der Waals surface area contributed by atoms with Gasteiger partial charge in [0.15, 0.2) is 5.11 Å². The molecule has 6 nitrogen and oxygen atoms in total. The molecule has 1 aliphatic rings. The van der Waals surface area contributed by atoms with Gasteiger partial charge < -0.3 is 24.3 Å². The molecule has 1 fully saturated rings. The van der Waals surface area contributed by atoms with E-state index in [2.05, 4.69) is 38.1 Å². The Balaban J connectivity index is 1.71. The van der Waals surface area contributed by atoms with E-state index in [0.717, 1.165) is 33.3 Å². The lowest BCUT2D eigenvalue weighted by molar-refractivity contribution is 0.402. The molecule has 0 radical (unpaired) electrons. The molecular weight excluding hydrogens is 480 g/mol. The topological polar surface area (TPSA) is 51.6 Å². The number of halogens is 1. The molecule has 178 valence electrons. The number of nitrogens with zero attached hydrogens (tertiary/aromatic N) is 3. The third kappa shape index (κ3) is 4.22. The maximum absolute atomic E-state index is 6.32. The van der Waals surface area contributed by atoms with Crippen LogP contribution in [-0.2, 0) is 0 Å².